The summed E-state index contributed by atoms with van der Waals surface area (Å²) < 4.78 is 0. The van der Waals surface area contributed by atoms with Crippen LogP contribution in [0.5, 0.6) is 0 Å². The van der Waals surface area contributed by atoms with Crippen LogP contribution in [0.25, 0.3) is 11.1 Å². The van der Waals surface area contributed by atoms with Crippen LogP contribution >= 0.6 is 11.6 Å². The predicted octanol–water partition coefficient (Wildman–Crippen LogP) is 5.43. The second-order valence-corrected chi connectivity index (χ2v) is 6.52. The van der Waals surface area contributed by atoms with Gasteiger partial charge in [-0.3, -0.25) is 0 Å². The Hall–Kier alpha value is -1.31. The maximum Gasteiger partial charge on any atom is 0.0457 e. The average Bonchev–Trinajstić information content (AvgIpc) is 2.36. The molecule has 112 valence electrons. The lowest BCUT2D eigenvalue weighted by molar-refractivity contribution is 0.589. The van der Waals surface area contributed by atoms with E-state index in [0.29, 0.717) is 6.04 Å². The molecule has 0 bridgehead atoms. The fraction of sp³-hybridized carbons (Fsp3) is 0.368. The van der Waals surface area contributed by atoms with Crippen molar-refractivity contribution in [3.8, 4) is 11.1 Å². The van der Waals surface area contributed by atoms with Crippen molar-refractivity contribution in [1.82, 2.24) is 5.32 Å². The van der Waals surface area contributed by atoms with Gasteiger partial charge in [-0.15, -0.1) is 0 Å². The molecule has 2 rings (SSSR count). The van der Waals surface area contributed by atoms with Crippen LogP contribution < -0.4 is 5.32 Å². The molecule has 0 fully saturated rings. The zero-order valence-corrected chi connectivity index (χ0v) is 14.3. The van der Waals surface area contributed by atoms with Gasteiger partial charge in [0.15, 0.2) is 0 Å². The molecule has 0 atom stereocenters. The number of nitrogens with one attached hydrogen (secondary N) is 1. The van der Waals surface area contributed by atoms with E-state index < -0.39 is 0 Å². The molecule has 0 unspecified atom stereocenters. The molecule has 2 aromatic rings. The first-order valence-corrected chi connectivity index (χ1v) is 7.86. The Balaban J connectivity index is 2.36. The molecule has 0 aromatic heterocycles. The second-order valence-electron chi connectivity index (χ2n) is 6.12. The highest BCUT2D eigenvalue weighted by Gasteiger charge is 2.09. The molecule has 2 aromatic carbocycles. The molecule has 0 aliphatic heterocycles. The predicted molar refractivity (Wildman–Crippen MR) is 93.1 cm³/mol. The number of halogens is 1. The maximum absolute atomic E-state index is 6.46. The fourth-order valence-corrected chi connectivity index (χ4v) is 3.04. The third kappa shape index (κ3) is 3.87. The van der Waals surface area contributed by atoms with Crippen LogP contribution in [0.15, 0.2) is 30.3 Å². The van der Waals surface area contributed by atoms with E-state index >= 15 is 0 Å². The zero-order chi connectivity index (χ0) is 15.6. The first-order chi connectivity index (χ1) is 9.88. The Morgan fingerprint density at radius 3 is 2.14 bits per heavy atom. The number of hydrogen-bond donors (Lipinski definition) is 1. The highest BCUT2D eigenvalue weighted by Crippen LogP contribution is 2.31. The molecule has 0 spiro atoms. The first kappa shape index (κ1) is 16.1. The van der Waals surface area contributed by atoms with E-state index in [9.17, 15) is 0 Å². The average molecular weight is 302 g/mol. The molecule has 0 heterocycles. The Morgan fingerprint density at radius 1 is 1.00 bits per heavy atom. The zero-order valence-electron chi connectivity index (χ0n) is 13.5. The summed E-state index contributed by atoms with van der Waals surface area (Å²) in [5.41, 5.74) is 7.55. The van der Waals surface area contributed by atoms with Gasteiger partial charge in [0.05, 0.1) is 0 Å². The molecule has 0 saturated carbocycles. The highest BCUT2D eigenvalue weighted by molar-refractivity contribution is 6.31. The number of aryl methyl sites for hydroxylation is 3. The van der Waals surface area contributed by atoms with Gasteiger partial charge < -0.3 is 5.32 Å². The van der Waals surface area contributed by atoms with Gasteiger partial charge in [-0.2, -0.15) is 0 Å². The lowest BCUT2D eigenvalue weighted by atomic mass is 9.93. The lowest BCUT2D eigenvalue weighted by Gasteiger charge is -2.14. The molecule has 0 amide bonds. The van der Waals surface area contributed by atoms with Crippen LogP contribution in [0.2, 0.25) is 5.02 Å². The monoisotopic (exact) mass is 301 g/mol. The van der Waals surface area contributed by atoms with Gasteiger partial charge in [-0.05, 0) is 54.7 Å². The van der Waals surface area contributed by atoms with E-state index in [2.05, 4.69) is 70.3 Å². The van der Waals surface area contributed by atoms with Crippen molar-refractivity contribution >= 4 is 11.6 Å². The summed E-state index contributed by atoms with van der Waals surface area (Å²) in [6.07, 6.45) is 0. The minimum absolute atomic E-state index is 0.460. The van der Waals surface area contributed by atoms with Crippen molar-refractivity contribution in [2.45, 2.75) is 47.2 Å². The van der Waals surface area contributed by atoms with Gasteiger partial charge in [0, 0.05) is 17.6 Å². The quantitative estimate of drug-likeness (QED) is 0.794. The fourth-order valence-electron chi connectivity index (χ4n) is 2.80. The number of hydrogen-bond acceptors (Lipinski definition) is 1. The smallest absolute Gasteiger partial charge is 0.0457 e. The standard InChI is InChI=1S/C19H24ClN/c1-12(2)21-11-17-7-6-16(10-18(17)20)19-14(4)8-13(3)9-15(19)5/h6-10,12,21H,11H2,1-5H3. The van der Waals surface area contributed by atoms with Crippen molar-refractivity contribution in [1.29, 1.82) is 0 Å². The van der Waals surface area contributed by atoms with Gasteiger partial charge >= 0.3 is 0 Å². The molecule has 0 radical (unpaired) electrons. The highest BCUT2D eigenvalue weighted by atomic mass is 35.5. The molecular weight excluding hydrogens is 278 g/mol. The SMILES string of the molecule is Cc1cc(C)c(-c2ccc(CNC(C)C)c(Cl)c2)c(C)c1. The van der Waals surface area contributed by atoms with Gasteiger partial charge in [0.1, 0.15) is 0 Å². The van der Waals surface area contributed by atoms with Crippen LogP contribution in [-0.2, 0) is 6.54 Å². The molecule has 2 heteroatoms. The molecule has 0 aliphatic rings. The van der Waals surface area contributed by atoms with Crippen molar-refractivity contribution in [3.63, 3.8) is 0 Å². The van der Waals surface area contributed by atoms with Crippen LogP contribution in [0, 0.1) is 20.8 Å². The maximum atomic E-state index is 6.46. The van der Waals surface area contributed by atoms with Crippen molar-refractivity contribution in [3.05, 3.63) is 57.6 Å². The lowest BCUT2D eigenvalue weighted by Crippen LogP contribution is -2.21. The summed E-state index contributed by atoms with van der Waals surface area (Å²) in [6, 6.07) is 11.3. The summed E-state index contributed by atoms with van der Waals surface area (Å²) in [5, 5.41) is 4.24. The van der Waals surface area contributed by atoms with Crippen molar-refractivity contribution < 1.29 is 0 Å². The third-order valence-corrected chi connectivity index (χ3v) is 4.07. The van der Waals surface area contributed by atoms with Crippen LogP contribution in [-0.4, -0.2) is 6.04 Å². The molecule has 1 N–H and O–H groups in total. The van der Waals surface area contributed by atoms with E-state index in [0.717, 1.165) is 17.1 Å². The molecule has 1 nitrogen and oxygen atoms in total. The topological polar surface area (TPSA) is 12.0 Å². The summed E-state index contributed by atoms with van der Waals surface area (Å²) >= 11 is 6.46. The minimum atomic E-state index is 0.460. The van der Waals surface area contributed by atoms with E-state index in [-0.39, 0.29) is 0 Å². The Kier molecular flexibility index (Phi) is 5.08. The largest absolute Gasteiger partial charge is 0.310 e. The summed E-state index contributed by atoms with van der Waals surface area (Å²) in [5.74, 6) is 0. The Morgan fingerprint density at radius 2 is 1.62 bits per heavy atom. The minimum Gasteiger partial charge on any atom is -0.310 e. The molecule has 0 saturated heterocycles. The Labute approximate surface area is 133 Å². The van der Waals surface area contributed by atoms with E-state index in [1.807, 2.05) is 0 Å². The van der Waals surface area contributed by atoms with Crippen LogP contribution in [0.4, 0.5) is 0 Å². The van der Waals surface area contributed by atoms with E-state index in [1.54, 1.807) is 0 Å². The van der Waals surface area contributed by atoms with Crippen LogP contribution in [0.3, 0.4) is 0 Å². The van der Waals surface area contributed by atoms with E-state index in [1.165, 1.54) is 27.8 Å². The van der Waals surface area contributed by atoms with Gasteiger partial charge in [-0.25, -0.2) is 0 Å². The van der Waals surface area contributed by atoms with Gasteiger partial charge in [-0.1, -0.05) is 55.3 Å². The number of rotatable bonds is 4. The first-order valence-electron chi connectivity index (χ1n) is 7.48. The molecule has 21 heavy (non-hydrogen) atoms. The van der Waals surface area contributed by atoms with Crippen molar-refractivity contribution in [2.24, 2.45) is 0 Å². The van der Waals surface area contributed by atoms with Gasteiger partial charge in [0.25, 0.3) is 0 Å². The summed E-state index contributed by atoms with van der Waals surface area (Å²) in [4.78, 5) is 0. The van der Waals surface area contributed by atoms with Crippen molar-refractivity contribution in [2.75, 3.05) is 0 Å². The molecule has 0 aliphatic carbocycles. The number of benzene rings is 2. The second kappa shape index (κ2) is 6.64. The normalized spacial score (nSPS) is 11.2. The summed E-state index contributed by atoms with van der Waals surface area (Å²) in [7, 11) is 0. The van der Waals surface area contributed by atoms with Gasteiger partial charge in [0.2, 0.25) is 0 Å². The molecular formula is C19H24ClN. The third-order valence-electron chi connectivity index (χ3n) is 3.72. The Bertz CT molecular complexity index is 621. The van der Waals surface area contributed by atoms with E-state index in [4.69, 9.17) is 11.6 Å². The van der Waals surface area contributed by atoms with Crippen LogP contribution in [0.1, 0.15) is 36.1 Å². The summed E-state index contributed by atoms with van der Waals surface area (Å²) in [6.45, 7) is 11.6.